The highest BCUT2D eigenvalue weighted by molar-refractivity contribution is 5.99. The number of nitrogen functional groups attached to an aromatic ring is 1. The number of pyridine rings is 1. The fourth-order valence-electron chi connectivity index (χ4n) is 2.14. The number of nitrogens with two attached hydrogens (primary N) is 1. The van der Waals surface area contributed by atoms with Crippen molar-refractivity contribution in [2.45, 2.75) is 32.2 Å². The van der Waals surface area contributed by atoms with Crippen LogP contribution in [0.4, 0.5) is 5.69 Å². The lowest BCUT2D eigenvalue weighted by molar-refractivity contribution is 0.0273. The quantitative estimate of drug-likeness (QED) is 0.827. The Labute approximate surface area is 107 Å². The minimum atomic E-state index is -0.313. The maximum atomic E-state index is 12.2. The van der Waals surface area contributed by atoms with Crippen LogP contribution in [0, 0.1) is 6.92 Å². The van der Waals surface area contributed by atoms with Gasteiger partial charge in [0.05, 0.1) is 17.7 Å². The monoisotopic (exact) mass is 249 g/mol. The number of rotatable bonds is 2. The van der Waals surface area contributed by atoms with E-state index in [0.29, 0.717) is 17.9 Å². The van der Waals surface area contributed by atoms with Gasteiger partial charge in [0.25, 0.3) is 5.91 Å². The van der Waals surface area contributed by atoms with Gasteiger partial charge in [-0.2, -0.15) is 0 Å². The molecule has 1 amide bonds. The van der Waals surface area contributed by atoms with Crippen LogP contribution in [-0.2, 0) is 4.74 Å². The Morgan fingerprint density at radius 3 is 3.00 bits per heavy atom. The molecule has 5 heteroatoms. The number of hydrogen-bond acceptors (Lipinski definition) is 4. The van der Waals surface area contributed by atoms with E-state index in [4.69, 9.17) is 10.5 Å². The Kier molecular flexibility index (Phi) is 3.52. The van der Waals surface area contributed by atoms with Crippen molar-refractivity contribution in [3.05, 3.63) is 23.5 Å². The third-order valence-electron chi connectivity index (χ3n) is 3.17. The smallest absolute Gasteiger partial charge is 0.255 e. The van der Waals surface area contributed by atoms with Crippen molar-refractivity contribution < 1.29 is 9.53 Å². The normalized spacial score (nSPS) is 23.7. The summed E-state index contributed by atoms with van der Waals surface area (Å²) >= 11 is 0. The van der Waals surface area contributed by atoms with Crippen molar-refractivity contribution in [1.29, 1.82) is 0 Å². The summed E-state index contributed by atoms with van der Waals surface area (Å²) in [4.78, 5) is 16.3. The fraction of sp³-hybridized carbons (Fsp3) is 0.538. The molecule has 1 saturated heterocycles. The van der Waals surface area contributed by atoms with Gasteiger partial charge in [-0.1, -0.05) is 0 Å². The van der Waals surface area contributed by atoms with Crippen LogP contribution >= 0.6 is 0 Å². The van der Waals surface area contributed by atoms with E-state index in [9.17, 15) is 4.79 Å². The van der Waals surface area contributed by atoms with E-state index in [2.05, 4.69) is 10.3 Å². The first-order valence-electron chi connectivity index (χ1n) is 6.13. The molecule has 0 aliphatic carbocycles. The highest BCUT2D eigenvalue weighted by Gasteiger charge is 2.30. The van der Waals surface area contributed by atoms with Crippen LogP contribution < -0.4 is 11.1 Å². The van der Waals surface area contributed by atoms with Gasteiger partial charge in [0.1, 0.15) is 0 Å². The SMILES string of the molecule is Cc1cc(N)c(C(=O)NC2(C)CCCOC2)cn1. The molecular formula is C13H19N3O2. The second-order valence-corrected chi connectivity index (χ2v) is 5.08. The average Bonchev–Trinajstić information content (AvgIpc) is 2.28. The summed E-state index contributed by atoms with van der Waals surface area (Å²) < 4.78 is 5.41. The number of carbonyl (C=O) groups is 1. The van der Waals surface area contributed by atoms with Crippen LogP contribution in [0.2, 0.25) is 0 Å². The number of ether oxygens (including phenoxy) is 1. The topological polar surface area (TPSA) is 77.2 Å². The van der Waals surface area contributed by atoms with Crippen molar-refractivity contribution in [2.75, 3.05) is 18.9 Å². The van der Waals surface area contributed by atoms with Gasteiger partial charge in [-0.05, 0) is 32.8 Å². The molecule has 2 heterocycles. The third-order valence-corrected chi connectivity index (χ3v) is 3.17. The van der Waals surface area contributed by atoms with Gasteiger partial charge < -0.3 is 15.8 Å². The van der Waals surface area contributed by atoms with E-state index < -0.39 is 0 Å². The Morgan fingerprint density at radius 2 is 2.39 bits per heavy atom. The van der Waals surface area contributed by atoms with E-state index in [-0.39, 0.29) is 11.4 Å². The Morgan fingerprint density at radius 1 is 1.61 bits per heavy atom. The molecule has 0 aromatic carbocycles. The van der Waals surface area contributed by atoms with Gasteiger partial charge in [0.15, 0.2) is 0 Å². The minimum Gasteiger partial charge on any atom is -0.398 e. The van der Waals surface area contributed by atoms with Crippen molar-refractivity contribution in [1.82, 2.24) is 10.3 Å². The Bertz CT molecular complexity index is 454. The maximum absolute atomic E-state index is 12.2. The van der Waals surface area contributed by atoms with Crippen LogP contribution in [-0.4, -0.2) is 29.6 Å². The number of anilines is 1. The summed E-state index contributed by atoms with van der Waals surface area (Å²) in [5.41, 5.74) is 7.21. The number of aryl methyl sites for hydroxylation is 1. The van der Waals surface area contributed by atoms with Crippen molar-refractivity contribution >= 4 is 11.6 Å². The van der Waals surface area contributed by atoms with E-state index in [1.165, 1.54) is 6.20 Å². The van der Waals surface area contributed by atoms with Crippen LogP contribution in [0.3, 0.4) is 0 Å². The van der Waals surface area contributed by atoms with Gasteiger partial charge in [-0.25, -0.2) is 0 Å². The predicted molar refractivity (Wildman–Crippen MR) is 69.3 cm³/mol. The molecule has 98 valence electrons. The van der Waals surface area contributed by atoms with Gasteiger partial charge in [-0.3, -0.25) is 9.78 Å². The predicted octanol–water partition coefficient (Wildman–Crippen LogP) is 1.27. The number of nitrogens with zero attached hydrogens (tertiary/aromatic N) is 1. The molecule has 1 aliphatic heterocycles. The lowest BCUT2D eigenvalue weighted by Crippen LogP contribution is -2.51. The lowest BCUT2D eigenvalue weighted by Gasteiger charge is -2.34. The molecule has 2 rings (SSSR count). The van der Waals surface area contributed by atoms with Crippen molar-refractivity contribution in [3.8, 4) is 0 Å². The first kappa shape index (κ1) is 12.8. The first-order chi connectivity index (χ1) is 8.50. The number of nitrogens with one attached hydrogen (secondary N) is 1. The minimum absolute atomic E-state index is 0.187. The summed E-state index contributed by atoms with van der Waals surface area (Å²) in [6, 6.07) is 1.70. The molecule has 1 atom stereocenters. The third kappa shape index (κ3) is 2.79. The highest BCUT2D eigenvalue weighted by atomic mass is 16.5. The summed E-state index contributed by atoms with van der Waals surface area (Å²) in [6.45, 7) is 5.13. The van der Waals surface area contributed by atoms with Crippen molar-refractivity contribution in [2.24, 2.45) is 0 Å². The largest absolute Gasteiger partial charge is 0.398 e. The standard InChI is InChI=1S/C13H19N3O2/c1-9-6-11(14)10(7-15-9)12(17)16-13(2)4-3-5-18-8-13/h6-7H,3-5,8H2,1-2H3,(H2,14,15)(H,16,17). The van der Waals surface area contributed by atoms with E-state index in [1.54, 1.807) is 6.07 Å². The summed E-state index contributed by atoms with van der Waals surface area (Å²) in [7, 11) is 0. The summed E-state index contributed by atoms with van der Waals surface area (Å²) in [6.07, 6.45) is 3.39. The van der Waals surface area contributed by atoms with Crippen LogP contribution in [0.25, 0.3) is 0 Å². The molecular weight excluding hydrogens is 230 g/mol. The molecule has 0 saturated carbocycles. The van der Waals surface area contributed by atoms with Crippen LogP contribution in [0.1, 0.15) is 35.8 Å². The number of aromatic nitrogens is 1. The Balaban J connectivity index is 2.11. The maximum Gasteiger partial charge on any atom is 0.255 e. The molecule has 1 aromatic heterocycles. The zero-order valence-corrected chi connectivity index (χ0v) is 10.8. The molecule has 1 unspecified atom stereocenters. The molecule has 5 nitrogen and oxygen atoms in total. The van der Waals surface area contributed by atoms with Crippen LogP contribution in [0.15, 0.2) is 12.3 Å². The second-order valence-electron chi connectivity index (χ2n) is 5.08. The molecule has 0 spiro atoms. The molecule has 1 aromatic rings. The van der Waals surface area contributed by atoms with E-state index >= 15 is 0 Å². The van der Waals surface area contributed by atoms with Crippen LogP contribution in [0.5, 0.6) is 0 Å². The van der Waals surface area contributed by atoms with Crippen molar-refractivity contribution in [3.63, 3.8) is 0 Å². The molecule has 3 N–H and O–H groups in total. The number of hydrogen-bond donors (Lipinski definition) is 2. The van der Waals surface area contributed by atoms with Gasteiger partial charge >= 0.3 is 0 Å². The summed E-state index contributed by atoms with van der Waals surface area (Å²) in [5, 5.41) is 2.99. The molecule has 1 aliphatic rings. The second kappa shape index (κ2) is 4.94. The molecule has 0 bridgehead atoms. The lowest BCUT2D eigenvalue weighted by atomic mass is 9.94. The number of carbonyl (C=O) groups excluding carboxylic acids is 1. The molecule has 18 heavy (non-hydrogen) atoms. The zero-order valence-electron chi connectivity index (χ0n) is 10.8. The molecule has 1 fully saturated rings. The Hall–Kier alpha value is -1.62. The fourth-order valence-corrected chi connectivity index (χ4v) is 2.14. The average molecular weight is 249 g/mol. The highest BCUT2D eigenvalue weighted by Crippen LogP contribution is 2.20. The van der Waals surface area contributed by atoms with Gasteiger partial charge in [0, 0.05) is 24.2 Å². The molecule has 0 radical (unpaired) electrons. The number of amides is 1. The van der Waals surface area contributed by atoms with Gasteiger partial charge in [-0.15, -0.1) is 0 Å². The zero-order chi connectivity index (χ0) is 13.2. The van der Waals surface area contributed by atoms with E-state index in [0.717, 1.165) is 25.1 Å². The summed E-state index contributed by atoms with van der Waals surface area (Å²) in [5.74, 6) is -0.187. The first-order valence-corrected chi connectivity index (χ1v) is 6.13. The van der Waals surface area contributed by atoms with E-state index in [1.807, 2.05) is 13.8 Å². The van der Waals surface area contributed by atoms with Gasteiger partial charge in [0.2, 0.25) is 0 Å².